The van der Waals surface area contributed by atoms with Crippen LogP contribution in [0.1, 0.15) is 0 Å². The van der Waals surface area contributed by atoms with Crippen LogP contribution in [-0.4, -0.2) is 21.3 Å². The van der Waals surface area contributed by atoms with E-state index < -0.39 is 5.82 Å². The van der Waals surface area contributed by atoms with Crippen LogP contribution in [0.5, 0.6) is 28.7 Å². The number of nitrogen functional groups attached to an aromatic ring is 1. The molecule has 0 atom stereocenters. The zero-order valence-electron chi connectivity index (χ0n) is 12.0. The van der Waals surface area contributed by atoms with E-state index in [0.717, 1.165) is 0 Å². The highest BCUT2D eigenvalue weighted by Crippen LogP contribution is 2.42. The van der Waals surface area contributed by atoms with Gasteiger partial charge in [0.15, 0.2) is 17.2 Å². The van der Waals surface area contributed by atoms with Crippen molar-refractivity contribution in [1.29, 1.82) is 0 Å². The molecule has 0 aromatic heterocycles. The Bertz CT molecular complexity index is 621. The Morgan fingerprint density at radius 3 is 2.00 bits per heavy atom. The monoisotopic (exact) mass is 293 g/mol. The molecule has 112 valence electrons. The van der Waals surface area contributed by atoms with E-state index in [1.807, 2.05) is 0 Å². The zero-order valence-corrected chi connectivity index (χ0v) is 12.0. The minimum atomic E-state index is -0.438. The molecule has 0 amide bonds. The molecule has 5 nitrogen and oxygen atoms in total. The molecule has 21 heavy (non-hydrogen) atoms. The SMILES string of the molecule is COc1cc(Oc2cc(F)ccc2N)cc(OC)c1OC. The second-order valence-corrected chi connectivity index (χ2v) is 4.15. The molecular formula is C15H16FNO4. The van der Waals surface area contributed by atoms with Crippen molar-refractivity contribution in [2.45, 2.75) is 0 Å². The molecule has 0 aliphatic rings. The molecule has 0 fully saturated rings. The average molecular weight is 293 g/mol. The third kappa shape index (κ3) is 3.10. The standard InChI is InChI=1S/C15H16FNO4/c1-18-13-7-10(8-14(19-2)15(13)20-3)21-12-6-9(16)4-5-11(12)17/h4-8H,17H2,1-3H3. The van der Waals surface area contributed by atoms with Gasteiger partial charge in [-0.2, -0.15) is 0 Å². The molecule has 0 aliphatic carbocycles. The second kappa shape index (κ2) is 6.21. The van der Waals surface area contributed by atoms with Gasteiger partial charge in [-0.15, -0.1) is 0 Å². The molecule has 0 spiro atoms. The average Bonchev–Trinajstić information content (AvgIpc) is 2.49. The van der Waals surface area contributed by atoms with Gasteiger partial charge >= 0.3 is 0 Å². The topological polar surface area (TPSA) is 62.9 Å². The number of nitrogens with two attached hydrogens (primary N) is 1. The molecule has 6 heteroatoms. The van der Waals surface area contributed by atoms with Crippen LogP contribution < -0.4 is 24.7 Å². The Morgan fingerprint density at radius 2 is 1.48 bits per heavy atom. The highest BCUT2D eigenvalue weighted by Gasteiger charge is 2.15. The van der Waals surface area contributed by atoms with Crippen LogP contribution in [0.15, 0.2) is 30.3 Å². The number of anilines is 1. The maximum atomic E-state index is 13.3. The Balaban J connectivity index is 2.42. The number of rotatable bonds is 5. The molecule has 0 saturated carbocycles. The van der Waals surface area contributed by atoms with Gasteiger partial charge in [-0.1, -0.05) is 0 Å². The van der Waals surface area contributed by atoms with Gasteiger partial charge < -0.3 is 24.7 Å². The van der Waals surface area contributed by atoms with Gasteiger partial charge in [0, 0.05) is 18.2 Å². The quantitative estimate of drug-likeness (QED) is 0.857. The Morgan fingerprint density at radius 1 is 0.857 bits per heavy atom. The highest BCUT2D eigenvalue weighted by atomic mass is 19.1. The largest absolute Gasteiger partial charge is 0.493 e. The molecule has 2 rings (SSSR count). The molecule has 0 saturated heterocycles. The molecule has 0 unspecified atom stereocenters. The van der Waals surface area contributed by atoms with Crippen molar-refractivity contribution in [3.63, 3.8) is 0 Å². The van der Waals surface area contributed by atoms with Crippen molar-refractivity contribution in [3.8, 4) is 28.7 Å². The van der Waals surface area contributed by atoms with Crippen molar-refractivity contribution in [2.75, 3.05) is 27.1 Å². The summed E-state index contributed by atoms with van der Waals surface area (Å²) in [4.78, 5) is 0. The van der Waals surface area contributed by atoms with Crippen LogP contribution in [0.25, 0.3) is 0 Å². The summed E-state index contributed by atoms with van der Waals surface area (Å²) in [6, 6.07) is 7.11. The van der Waals surface area contributed by atoms with Crippen molar-refractivity contribution in [1.82, 2.24) is 0 Å². The summed E-state index contributed by atoms with van der Waals surface area (Å²) in [6.45, 7) is 0. The second-order valence-electron chi connectivity index (χ2n) is 4.15. The fourth-order valence-corrected chi connectivity index (χ4v) is 1.84. The molecule has 0 bridgehead atoms. The molecule has 2 N–H and O–H groups in total. The lowest BCUT2D eigenvalue weighted by Crippen LogP contribution is -1.97. The lowest BCUT2D eigenvalue weighted by atomic mass is 10.2. The van der Waals surface area contributed by atoms with Gasteiger partial charge in [0.25, 0.3) is 0 Å². The van der Waals surface area contributed by atoms with Crippen LogP contribution in [0.4, 0.5) is 10.1 Å². The number of hydrogen-bond acceptors (Lipinski definition) is 5. The van der Waals surface area contributed by atoms with Gasteiger partial charge in [0.05, 0.1) is 27.0 Å². The first kappa shape index (κ1) is 14.8. The fraction of sp³-hybridized carbons (Fsp3) is 0.200. The van der Waals surface area contributed by atoms with Crippen molar-refractivity contribution < 1.29 is 23.3 Å². The predicted octanol–water partition coefficient (Wildman–Crippen LogP) is 3.23. The minimum absolute atomic E-state index is 0.212. The first-order chi connectivity index (χ1) is 10.1. The number of benzene rings is 2. The Hall–Kier alpha value is -2.63. The summed E-state index contributed by atoms with van der Waals surface area (Å²) in [7, 11) is 4.50. The fourth-order valence-electron chi connectivity index (χ4n) is 1.84. The maximum absolute atomic E-state index is 13.3. The number of methoxy groups -OCH3 is 3. The summed E-state index contributed by atoms with van der Waals surface area (Å²) in [5, 5.41) is 0. The van der Waals surface area contributed by atoms with Gasteiger partial charge in [0.1, 0.15) is 11.6 Å². The smallest absolute Gasteiger partial charge is 0.203 e. The van der Waals surface area contributed by atoms with Crippen LogP contribution in [0.3, 0.4) is 0 Å². The lowest BCUT2D eigenvalue weighted by Gasteiger charge is -2.15. The molecule has 0 heterocycles. The van der Waals surface area contributed by atoms with Crippen molar-refractivity contribution >= 4 is 5.69 Å². The van der Waals surface area contributed by atoms with Crippen LogP contribution in [-0.2, 0) is 0 Å². The van der Waals surface area contributed by atoms with Crippen LogP contribution in [0, 0.1) is 5.82 Å². The van der Waals surface area contributed by atoms with E-state index in [-0.39, 0.29) is 5.75 Å². The van der Waals surface area contributed by atoms with E-state index >= 15 is 0 Å². The number of hydrogen-bond donors (Lipinski definition) is 1. The Kier molecular flexibility index (Phi) is 4.37. The van der Waals surface area contributed by atoms with E-state index in [9.17, 15) is 4.39 Å². The molecule has 2 aromatic carbocycles. The predicted molar refractivity (Wildman–Crippen MR) is 77.0 cm³/mol. The van der Waals surface area contributed by atoms with Gasteiger partial charge in [-0.05, 0) is 12.1 Å². The lowest BCUT2D eigenvalue weighted by molar-refractivity contribution is 0.321. The van der Waals surface area contributed by atoms with Gasteiger partial charge in [-0.25, -0.2) is 4.39 Å². The van der Waals surface area contributed by atoms with E-state index in [4.69, 9.17) is 24.7 Å². The zero-order chi connectivity index (χ0) is 15.4. The van der Waals surface area contributed by atoms with Crippen LogP contribution in [0.2, 0.25) is 0 Å². The summed E-state index contributed by atoms with van der Waals surface area (Å²) in [6.07, 6.45) is 0. The van der Waals surface area contributed by atoms with E-state index in [0.29, 0.717) is 28.7 Å². The normalized spacial score (nSPS) is 10.1. The molecule has 0 aliphatic heterocycles. The number of ether oxygens (including phenoxy) is 4. The first-order valence-electron chi connectivity index (χ1n) is 6.12. The minimum Gasteiger partial charge on any atom is -0.493 e. The van der Waals surface area contributed by atoms with E-state index in [2.05, 4.69) is 0 Å². The van der Waals surface area contributed by atoms with Crippen LogP contribution >= 0.6 is 0 Å². The summed E-state index contributed by atoms with van der Waals surface area (Å²) >= 11 is 0. The summed E-state index contributed by atoms with van der Waals surface area (Å²) < 4.78 is 34.5. The summed E-state index contributed by atoms with van der Waals surface area (Å²) in [5.41, 5.74) is 6.08. The molecule has 0 radical (unpaired) electrons. The van der Waals surface area contributed by atoms with Crippen molar-refractivity contribution in [3.05, 3.63) is 36.1 Å². The Labute approximate surface area is 122 Å². The van der Waals surface area contributed by atoms with E-state index in [1.54, 1.807) is 12.1 Å². The molecule has 2 aromatic rings. The third-order valence-electron chi connectivity index (χ3n) is 2.84. The van der Waals surface area contributed by atoms with Crippen molar-refractivity contribution in [2.24, 2.45) is 0 Å². The first-order valence-corrected chi connectivity index (χ1v) is 6.12. The van der Waals surface area contributed by atoms with Gasteiger partial charge in [-0.3, -0.25) is 0 Å². The third-order valence-corrected chi connectivity index (χ3v) is 2.84. The molecular weight excluding hydrogens is 277 g/mol. The maximum Gasteiger partial charge on any atom is 0.203 e. The van der Waals surface area contributed by atoms with E-state index in [1.165, 1.54) is 39.5 Å². The van der Waals surface area contributed by atoms with Gasteiger partial charge in [0.2, 0.25) is 5.75 Å². The highest BCUT2D eigenvalue weighted by molar-refractivity contribution is 5.59. The summed E-state index contributed by atoms with van der Waals surface area (Å²) in [5.74, 6) is 1.47. The number of halogens is 1.